The van der Waals surface area contributed by atoms with Gasteiger partial charge in [-0.2, -0.15) is 5.10 Å². The third-order valence-corrected chi connectivity index (χ3v) is 3.70. The van der Waals surface area contributed by atoms with Crippen LogP contribution in [0, 0.1) is 0 Å². The second-order valence-electron chi connectivity index (χ2n) is 5.40. The zero-order valence-electron chi connectivity index (χ0n) is 12.2. The lowest BCUT2D eigenvalue weighted by Gasteiger charge is -2.30. The van der Waals surface area contributed by atoms with Crippen LogP contribution in [0.5, 0.6) is 0 Å². The van der Waals surface area contributed by atoms with Crippen molar-refractivity contribution < 1.29 is 4.74 Å². The van der Waals surface area contributed by atoms with E-state index in [4.69, 9.17) is 4.74 Å². The van der Waals surface area contributed by atoms with E-state index in [1.807, 2.05) is 24.5 Å². The van der Waals surface area contributed by atoms with Gasteiger partial charge in [0.2, 0.25) is 0 Å². The van der Waals surface area contributed by atoms with Crippen molar-refractivity contribution in [3.63, 3.8) is 0 Å². The predicted molar refractivity (Wildman–Crippen MR) is 80.8 cm³/mol. The minimum Gasteiger partial charge on any atom is -0.374 e. The van der Waals surface area contributed by atoms with Crippen LogP contribution in [-0.2, 0) is 11.3 Å². The van der Waals surface area contributed by atoms with Crippen molar-refractivity contribution in [2.24, 2.45) is 0 Å². The van der Waals surface area contributed by atoms with E-state index in [0.717, 1.165) is 49.6 Å². The predicted octanol–water partition coefficient (Wildman–Crippen LogP) is 0.892. The molecule has 1 aliphatic rings. The minimum atomic E-state index is 0.262. The number of nitrogens with one attached hydrogen (secondary N) is 2. The quantitative estimate of drug-likeness (QED) is 0.855. The number of H-pyrrole nitrogens is 1. The molecule has 2 aromatic rings. The fraction of sp³-hybridized carbons (Fsp3) is 0.467. The SMILES string of the molecule is CN1CCOC(CNCc2cn[nH]c2-c2cccnc2)C1. The Morgan fingerprint density at radius 1 is 1.48 bits per heavy atom. The van der Waals surface area contributed by atoms with E-state index in [2.05, 4.69) is 32.4 Å². The number of aromatic nitrogens is 3. The molecular weight excluding hydrogens is 266 g/mol. The van der Waals surface area contributed by atoms with Gasteiger partial charge in [-0.1, -0.05) is 0 Å². The van der Waals surface area contributed by atoms with Crippen LogP contribution in [-0.4, -0.2) is 59.5 Å². The lowest BCUT2D eigenvalue weighted by molar-refractivity contribution is -0.0182. The zero-order chi connectivity index (χ0) is 14.5. The smallest absolute Gasteiger partial charge is 0.0826 e. The molecule has 0 spiro atoms. The van der Waals surface area contributed by atoms with Crippen LogP contribution < -0.4 is 5.32 Å². The summed E-state index contributed by atoms with van der Waals surface area (Å²) in [7, 11) is 2.13. The number of aromatic amines is 1. The molecule has 2 N–H and O–H groups in total. The molecule has 2 aromatic heterocycles. The van der Waals surface area contributed by atoms with Gasteiger partial charge in [-0.25, -0.2) is 0 Å². The number of hydrogen-bond donors (Lipinski definition) is 2. The van der Waals surface area contributed by atoms with Crippen molar-refractivity contribution in [1.29, 1.82) is 0 Å². The third kappa shape index (κ3) is 3.66. The molecule has 0 aromatic carbocycles. The second kappa shape index (κ2) is 6.80. The average molecular weight is 287 g/mol. The van der Waals surface area contributed by atoms with Crippen LogP contribution in [0.4, 0.5) is 0 Å². The monoisotopic (exact) mass is 287 g/mol. The molecule has 21 heavy (non-hydrogen) atoms. The van der Waals surface area contributed by atoms with Gasteiger partial charge < -0.3 is 15.0 Å². The van der Waals surface area contributed by atoms with E-state index in [9.17, 15) is 0 Å². The van der Waals surface area contributed by atoms with Gasteiger partial charge in [0.25, 0.3) is 0 Å². The van der Waals surface area contributed by atoms with E-state index < -0.39 is 0 Å². The highest BCUT2D eigenvalue weighted by molar-refractivity contribution is 5.61. The average Bonchev–Trinajstić information content (AvgIpc) is 2.97. The van der Waals surface area contributed by atoms with Crippen molar-refractivity contribution in [3.05, 3.63) is 36.3 Å². The summed E-state index contributed by atoms with van der Waals surface area (Å²) in [5.41, 5.74) is 3.23. The fourth-order valence-corrected chi connectivity index (χ4v) is 2.56. The van der Waals surface area contributed by atoms with Gasteiger partial charge in [-0.3, -0.25) is 10.1 Å². The van der Waals surface area contributed by atoms with Crippen LogP contribution >= 0.6 is 0 Å². The Bertz CT molecular complexity index is 556. The summed E-state index contributed by atoms with van der Waals surface area (Å²) < 4.78 is 5.75. The molecular formula is C15H21N5O. The molecule has 0 aliphatic carbocycles. The first-order valence-corrected chi connectivity index (χ1v) is 7.26. The summed E-state index contributed by atoms with van der Waals surface area (Å²) in [5.74, 6) is 0. The highest BCUT2D eigenvalue weighted by atomic mass is 16.5. The molecule has 112 valence electrons. The summed E-state index contributed by atoms with van der Waals surface area (Å²) in [5, 5.41) is 10.6. The van der Waals surface area contributed by atoms with Crippen molar-refractivity contribution in [1.82, 2.24) is 25.4 Å². The van der Waals surface area contributed by atoms with E-state index in [1.165, 1.54) is 0 Å². The Morgan fingerprint density at radius 2 is 2.43 bits per heavy atom. The molecule has 1 fully saturated rings. The summed E-state index contributed by atoms with van der Waals surface area (Å²) in [4.78, 5) is 6.45. The second-order valence-corrected chi connectivity index (χ2v) is 5.40. The van der Waals surface area contributed by atoms with Crippen molar-refractivity contribution >= 4 is 0 Å². The molecule has 1 atom stereocenters. The highest BCUT2D eigenvalue weighted by Crippen LogP contribution is 2.19. The molecule has 1 unspecified atom stereocenters. The van der Waals surface area contributed by atoms with Crippen LogP contribution in [0.25, 0.3) is 11.3 Å². The summed E-state index contributed by atoms with van der Waals surface area (Å²) in [6, 6.07) is 3.96. The summed E-state index contributed by atoms with van der Waals surface area (Å²) in [6.07, 6.45) is 5.74. The first-order chi connectivity index (χ1) is 10.3. The Labute approximate surface area is 124 Å². The number of nitrogens with zero attached hydrogens (tertiary/aromatic N) is 3. The molecule has 0 saturated carbocycles. The van der Waals surface area contributed by atoms with Gasteiger partial charge in [0.15, 0.2) is 0 Å². The fourth-order valence-electron chi connectivity index (χ4n) is 2.56. The first-order valence-electron chi connectivity index (χ1n) is 7.26. The van der Waals surface area contributed by atoms with Crippen LogP contribution in [0.3, 0.4) is 0 Å². The lowest BCUT2D eigenvalue weighted by atomic mass is 10.1. The van der Waals surface area contributed by atoms with Gasteiger partial charge in [0.05, 0.1) is 24.6 Å². The Morgan fingerprint density at radius 3 is 3.24 bits per heavy atom. The Hall–Kier alpha value is -1.76. The largest absolute Gasteiger partial charge is 0.374 e. The summed E-state index contributed by atoms with van der Waals surface area (Å²) >= 11 is 0. The molecule has 1 saturated heterocycles. The molecule has 0 bridgehead atoms. The van der Waals surface area contributed by atoms with Gasteiger partial charge >= 0.3 is 0 Å². The van der Waals surface area contributed by atoms with Crippen LogP contribution in [0.15, 0.2) is 30.7 Å². The van der Waals surface area contributed by atoms with Crippen molar-refractivity contribution in [2.45, 2.75) is 12.6 Å². The van der Waals surface area contributed by atoms with Gasteiger partial charge in [0.1, 0.15) is 0 Å². The highest BCUT2D eigenvalue weighted by Gasteiger charge is 2.17. The van der Waals surface area contributed by atoms with Crippen molar-refractivity contribution in [2.75, 3.05) is 33.3 Å². The van der Waals surface area contributed by atoms with Gasteiger partial charge in [-0.05, 0) is 19.2 Å². The van der Waals surface area contributed by atoms with Gasteiger partial charge in [-0.15, -0.1) is 0 Å². The normalized spacial score (nSPS) is 19.8. The van der Waals surface area contributed by atoms with E-state index in [1.54, 1.807) is 6.20 Å². The standard InChI is InChI=1S/C15H21N5O/c1-20-5-6-21-14(11-20)10-17-8-13-9-18-19-15(13)12-3-2-4-16-7-12/h2-4,7,9,14,17H,5-6,8,10-11H2,1H3,(H,18,19). The number of pyridine rings is 1. The zero-order valence-corrected chi connectivity index (χ0v) is 12.2. The topological polar surface area (TPSA) is 66.1 Å². The number of likely N-dealkylation sites (N-methyl/N-ethyl adjacent to an activating group) is 1. The van der Waals surface area contributed by atoms with Crippen LogP contribution in [0.2, 0.25) is 0 Å². The maximum atomic E-state index is 5.75. The number of hydrogen-bond acceptors (Lipinski definition) is 5. The first kappa shape index (κ1) is 14.2. The third-order valence-electron chi connectivity index (χ3n) is 3.70. The molecule has 3 heterocycles. The van der Waals surface area contributed by atoms with Crippen LogP contribution in [0.1, 0.15) is 5.56 Å². The molecule has 3 rings (SSSR count). The lowest BCUT2D eigenvalue weighted by Crippen LogP contribution is -2.44. The maximum Gasteiger partial charge on any atom is 0.0826 e. The molecule has 0 amide bonds. The number of rotatable bonds is 5. The van der Waals surface area contributed by atoms with Crippen molar-refractivity contribution in [3.8, 4) is 11.3 Å². The number of morpholine rings is 1. The van der Waals surface area contributed by atoms with E-state index in [-0.39, 0.29) is 6.10 Å². The maximum absolute atomic E-state index is 5.75. The van der Waals surface area contributed by atoms with E-state index >= 15 is 0 Å². The molecule has 6 nitrogen and oxygen atoms in total. The Kier molecular flexibility index (Phi) is 4.59. The molecule has 1 aliphatic heterocycles. The number of ether oxygens (including phenoxy) is 1. The minimum absolute atomic E-state index is 0.262. The van der Waals surface area contributed by atoms with Gasteiger partial charge in [0, 0.05) is 49.7 Å². The van der Waals surface area contributed by atoms with E-state index in [0.29, 0.717) is 0 Å². The molecule has 0 radical (unpaired) electrons. The molecule has 6 heteroatoms. The summed E-state index contributed by atoms with van der Waals surface area (Å²) in [6.45, 7) is 4.43. The Balaban J connectivity index is 1.55.